The zero-order valence-corrected chi connectivity index (χ0v) is 14.3. The summed E-state index contributed by atoms with van der Waals surface area (Å²) in [4.78, 5) is 8.18. The lowest BCUT2D eigenvalue weighted by Crippen LogP contribution is -2.32. The normalized spacial score (nSPS) is 18.1. The van der Waals surface area contributed by atoms with Gasteiger partial charge in [0.15, 0.2) is 5.82 Å². The molecule has 0 radical (unpaired) electrons. The fraction of sp³-hybridized carbons (Fsp3) is 0.529. The van der Waals surface area contributed by atoms with Crippen LogP contribution in [-0.4, -0.2) is 40.9 Å². The topological polar surface area (TPSA) is 89.2 Å². The third kappa shape index (κ3) is 2.85. The average Bonchev–Trinajstić information content (AvgIpc) is 3.25. The van der Waals surface area contributed by atoms with Crippen LogP contribution < -0.4 is 21.3 Å². The van der Waals surface area contributed by atoms with Crippen molar-refractivity contribution in [3.8, 4) is 5.69 Å². The molecule has 0 spiro atoms. The van der Waals surface area contributed by atoms with Gasteiger partial charge in [-0.3, -0.25) is 0 Å². The Morgan fingerprint density at radius 2 is 1.44 bits per heavy atom. The quantitative estimate of drug-likeness (QED) is 0.886. The molecule has 0 saturated carbocycles. The molecule has 1 aromatic heterocycles. The molecule has 0 aliphatic carbocycles. The zero-order chi connectivity index (χ0) is 17.4. The van der Waals surface area contributed by atoms with Gasteiger partial charge in [0, 0.05) is 26.2 Å². The summed E-state index contributed by atoms with van der Waals surface area (Å²) in [5, 5.41) is 4.16. The van der Waals surface area contributed by atoms with E-state index in [9.17, 15) is 0 Å². The molecule has 134 valence electrons. The summed E-state index contributed by atoms with van der Waals surface area (Å²) >= 11 is 0. The average molecular weight is 345 g/mol. The Morgan fingerprint density at radius 3 is 2.08 bits per heavy atom. The first-order valence-electron chi connectivity index (χ1n) is 8.96. The van der Waals surface area contributed by atoms with Gasteiger partial charge in [-0.2, -0.15) is 9.67 Å². The molecule has 2 aromatic rings. The number of halogens is 1. The molecule has 4 N–H and O–H groups in total. The fourth-order valence-corrected chi connectivity index (χ4v) is 3.85. The minimum atomic E-state index is -0.199. The third-order valence-electron chi connectivity index (χ3n) is 5.07. The second kappa shape index (κ2) is 6.42. The Balaban J connectivity index is 1.85. The lowest BCUT2D eigenvalue weighted by atomic mass is 10.1. The highest BCUT2D eigenvalue weighted by molar-refractivity contribution is 5.72. The number of hydrogen-bond acceptors (Lipinski definition) is 6. The van der Waals surface area contributed by atoms with E-state index in [-0.39, 0.29) is 17.7 Å². The standard InChI is InChI=1S/C17H24FN7/c18-14-12(23-8-4-5-9-23)6-7-13(25-17(20)21-16(19)22-25)15(14)24-10-2-1-3-11-24/h6-7H,1-5,8-11H2,(H4,19,20,21,22). The van der Waals surface area contributed by atoms with E-state index in [0.29, 0.717) is 17.1 Å². The van der Waals surface area contributed by atoms with Crippen LogP contribution in [0.2, 0.25) is 0 Å². The summed E-state index contributed by atoms with van der Waals surface area (Å²) in [6.45, 7) is 3.46. The summed E-state index contributed by atoms with van der Waals surface area (Å²) in [6, 6.07) is 3.70. The Kier molecular flexibility index (Phi) is 4.10. The van der Waals surface area contributed by atoms with Crippen LogP contribution in [0.3, 0.4) is 0 Å². The van der Waals surface area contributed by atoms with Crippen LogP contribution in [0.15, 0.2) is 12.1 Å². The van der Waals surface area contributed by atoms with Gasteiger partial charge in [-0.25, -0.2) is 4.39 Å². The largest absolute Gasteiger partial charge is 0.369 e. The van der Waals surface area contributed by atoms with E-state index in [2.05, 4.69) is 19.9 Å². The Bertz CT molecular complexity index is 761. The van der Waals surface area contributed by atoms with Crippen molar-refractivity contribution in [2.45, 2.75) is 32.1 Å². The van der Waals surface area contributed by atoms with Crippen LogP contribution >= 0.6 is 0 Å². The molecular weight excluding hydrogens is 321 g/mol. The monoisotopic (exact) mass is 345 g/mol. The van der Waals surface area contributed by atoms with Crippen LogP contribution in [-0.2, 0) is 0 Å². The lowest BCUT2D eigenvalue weighted by molar-refractivity contribution is 0.554. The van der Waals surface area contributed by atoms with E-state index in [0.717, 1.165) is 51.9 Å². The molecule has 0 amide bonds. The van der Waals surface area contributed by atoms with Crippen molar-refractivity contribution in [3.63, 3.8) is 0 Å². The predicted octanol–water partition coefficient (Wildman–Crippen LogP) is 2.16. The maximum Gasteiger partial charge on any atom is 0.241 e. The number of hydrogen-bond donors (Lipinski definition) is 2. The summed E-state index contributed by atoms with van der Waals surface area (Å²) in [7, 11) is 0. The SMILES string of the molecule is Nc1nc(N)n(-c2ccc(N3CCCC3)c(F)c2N2CCCCC2)n1. The lowest BCUT2D eigenvalue weighted by Gasteiger charge is -2.32. The van der Waals surface area contributed by atoms with Crippen LogP contribution in [0.25, 0.3) is 5.69 Å². The maximum atomic E-state index is 15.6. The van der Waals surface area contributed by atoms with Crippen molar-refractivity contribution in [1.29, 1.82) is 0 Å². The summed E-state index contributed by atoms with van der Waals surface area (Å²) in [5.74, 6) is 0.0602. The van der Waals surface area contributed by atoms with Gasteiger partial charge in [0.2, 0.25) is 11.9 Å². The molecule has 25 heavy (non-hydrogen) atoms. The summed E-state index contributed by atoms with van der Waals surface area (Å²) in [5.41, 5.74) is 13.4. The van der Waals surface area contributed by atoms with E-state index in [1.807, 2.05) is 12.1 Å². The molecule has 2 aliphatic heterocycles. The van der Waals surface area contributed by atoms with Gasteiger partial charge in [-0.1, -0.05) is 0 Å². The Hall–Kier alpha value is -2.51. The molecule has 8 heteroatoms. The number of anilines is 4. The van der Waals surface area contributed by atoms with Crippen molar-refractivity contribution in [2.75, 3.05) is 47.4 Å². The van der Waals surface area contributed by atoms with E-state index >= 15 is 4.39 Å². The molecule has 3 heterocycles. The molecule has 0 atom stereocenters. The van der Waals surface area contributed by atoms with Gasteiger partial charge in [-0.15, -0.1) is 5.10 Å². The highest BCUT2D eigenvalue weighted by Crippen LogP contribution is 2.37. The number of nitrogens with two attached hydrogens (primary N) is 2. The zero-order valence-electron chi connectivity index (χ0n) is 14.3. The Labute approximate surface area is 146 Å². The van der Waals surface area contributed by atoms with Crippen LogP contribution in [0.5, 0.6) is 0 Å². The molecule has 1 aromatic carbocycles. The second-order valence-electron chi connectivity index (χ2n) is 6.75. The minimum absolute atomic E-state index is 0.0890. The highest BCUT2D eigenvalue weighted by atomic mass is 19.1. The van der Waals surface area contributed by atoms with Crippen molar-refractivity contribution in [2.24, 2.45) is 0 Å². The van der Waals surface area contributed by atoms with Crippen LogP contribution in [0.1, 0.15) is 32.1 Å². The molecule has 0 unspecified atom stereocenters. The summed E-state index contributed by atoms with van der Waals surface area (Å²) in [6.07, 6.45) is 5.50. The third-order valence-corrected chi connectivity index (χ3v) is 5.07. The van der Waals surface area contributed by atoms with E-state index in [1.54, 1.807) is 0 Å². The van der Waals surface area contributed by atoms with Gasteiger partial charge in [0.1, 0.15) is 5.69 Å². The number of nitrogens with zero attached hydrogens (tertiary/aromatic N) is 5. The number of benzene rings is 1. The number of rotatable bonds is 3. The van der Waals surface area contributed by atoms with Crippen LogP contribution in [0.4, 0.5) is 27.7 Å². The first-order chi connectivity index (χ1) is 12.1. The maximum absolute atomic E-state index is 15.6. The molecule has 4 rings (SSSR count). The predicted molar refractivity (Wildman–Crippen MR) is 97.7 cm³/mol. The van der Waals surface area contributed by atoms with E-state index in [1.165, 1.54) is 11.1 Å². The van der Waals surface area contributed by atoms with Gasteiger partial charge in [0.25, 0.3) is 0 Å². The van der Waals surface area contributed by atoms with Crippen molar-refractivity contribution >= 4 is 23.3 Å². The van der Waals surface area contributed by atoms with Crippen molar-refractivity contribution in [3.05, 3.63) is 17.9 Å². The molecular formula is C17H24FN7. The van der Waals surface area contributed by atoms with Gasteiger partial charge >= 0.3 is 0 Å². The van der Waals surface area contributed by atoms with Crippen molar-refractivity contribution in [1.82, 2.24) is 14.8 Å². The molecule has 2 fully saturated rings. The molecule has 7 nitrogen and oxygen atoms in total. The fourth-order valence-electron chi connectivity index (χ4n) is 3.85. The van der Waals surface area contributed by atoms with Gasteiger partial charge in [-0.05, 0) is 44.2 Å². The van der Waals surface area contributed by atoms with Gasteiger partial charge < -0.3 is 21.3 Å². The number of aromatic nitrogens is 3. The molecule has 0 bridgehead atoms. The molecule has 2 saturated heterocycles. The smallest absolute Gasteiger partial charge is 0.241 e. The Morgan fingerprint density at radius 1 is 0.840 bits per heavy atom. The first-order valence-corrected chi connectivity index (χ1v) is 8.96. The highest BCUT2D eigenvalue weighted by Gasteiger charge is 2.26. The van der Waals surface area contributed by atoms with E-state index < -0.39 is 0 Å². The second-order valence-corrected chi connectivity index (χ2v) is 6.75. The van der Waals surface area contributed by atoms with Crippen LogP contribution in [0, 0.1) is 5.82 Å². The van der Waals surface area contributed by atoms with Gasteiger partial charge in [0.05, 0.1) is 11.4 Å². The molecule has 2 aliphatic rings. The summed E-state index contributed by atoms with van der Waals surface area (Å²) < 4.78 is 17.0. The minimum Gasteiger partial charge on any atom is -0.369 e. The van der Waals surface area contributed by atoms with E-state index in [4.69, 9.17) is 11.5 Å². The number of piperidine rings is 1. The first kappa shape index (κ1) is 16.0. The number of nitrogen functional groups attached to an aromatic ring is 2. The van der Waals surface area contributed by atoms with Crippen molar-refractivity contribution < 1.29 is 4.39 Å².